The van der Waals surface area contributed by atoms with Crippen LogP contribution >= 0.6 is 24.0 Å². The molecular formula is C16H33IN4O. The Kier molecular flexibility index (Phi) is 12.9. The van der Waals surface area contributed by atoms with Gasteiger partial charge in [-0.3, -0.25) is 4.99 Å². The minimum Gasteiger partial charge on any atom is -0.377 e. The summed E-state index contributed by atoms with van der Waals surface area (Å²) in [5.74, 6) is 0.903. The lowest BCUT2D eigenvalue weighted by Gasteiger charge is -2.20. The van der Waals surface area contributed by atoms with E-state index in [2.05, 4.69) is 48.7 Å². The molecule has 22 heavy (non-hydrogen) atoms. The predicted octanol–water partition coefficient (Wildman–Crippen LogP) is 2.23. The third-order valence-corrected chi connectivity index (χ3v) is 3.45. The van der Waals surface area contributed by atoms with Crippen LogP contribution in [-0.2, 0) is 4.74 Å². The molecule has 1 atom stereocenters. The van der Waals surface area contributed by atoms with E-state index in [0.717, 1.165) is 44.9 Å². The minimum absolute atomic E-state index is 0. The second-order valence-electron chi connectivity index (χ2n) is 5.67. The van der Waals surface area contributed by atoms with Gasteiger partial charge in [0, 0.05) is 25.7 Å². The first-order chi connectivity index (χ1) is 10.2. The minimum atomic E-state index is 0. The van der Waals surface area contributed by atoms with Crippen LogP contribution in [0, 0.1) is 0 Å². The van der Waals surface area contributed by atoms with Gasteiger partial charge in [-0.1, -0.05) is 12.2 Å². The van der Waals surface area contributed by atoms with Crippen molar-refractivity contribution >= 4 is 29.9 Å². The Bertz CT molecular complexity index is 326. The number of hydrogen-bond donors (Lipinski definition) is 2. The van der Waals surface area contributed by atoms with Gasteiger partial charge in [0.1, 0.15) is 0 Å². The Labute approximate surface area is 153 Å². The van der Waals surface area contributed by atoms with Crippen LogP contribution in [0.15, 0.2) is 17.1 Å². The number of nitrogens with zero attached hydrogens (tertiary/aromatic N) is 2. The van der Waals surface area contributed by atoms with Crippen molar-refractivity contribution in [2.24, 2.45) is 4.99 Å². The fourth-order valence-electron chi connectivity index (χ4n) is 2.31. The number of hydrogen-bond acceptors (Lipinski definition) is 3. The van der Waals surface area contributed by atoms with Gasteiger partial charge in [-0.2, -0.15) is 0 Å². The van der Waals surface area contributed by atoms with Crippen LogP contribution in [0.25, 0.3) is 0 Å². The van der Waals surface area contributed by atoms with Crippen molar-refractivity contribution in [3.63, 3.8) is 0 Å². The molecule has 0 heterocycles. The van der Waals surface area contributed by atoms with E-state index >= 15 is 0 Å². The van der Waals surface area contributed by atoms with Crippen molar-refractivity contribution in [3.05, 3.63) is 12.2 Å². The number of nitrogens with one attached hydrogen (secondary N) is 2. The molecule has 0 fully saturated rings. The first-order valence-corrected chi connectivity index (χ1v) is 8.11. The molecule has 130 valence electrons. The molecular weight excluding hydrogens is 391 g/mol. The van der Waals surface area contributed by atoms with Gasteiger partial charge < -0.3 is 20.3 Å². The third kappa shape index (κ3) is 9.63. The highest BCUT2D eigenvalue weighted by Gasteiger charge is 2.13. The summed E-state index contributed by atoms with van der Waals surface area (Å²) in [5.41, 5.74) is 0. The molecule has 0 spiro atoms. The summed E-state index contributed by atoms with van der Waals surface area (Å²) in [5, 5.41) is 6.81. The van der Waals surface area contributed by atoms with Crippen LogP contribution in [-0.4, -0.2) is 63.3 Å². The quantitative estimate of drug-likeness (QED) is 0.258. The lowest BCUT2D eigenvalue weighted by atomic mass is 10.2. The van der Waals surface area contributed by atoms with Crippen molar-refractivity contribution in [1.29, 1.82) is 0 Å². The molecule has 0 bridgehead atoms. The normalized spacial score (nSPS) is 16.7. The zero-order chi connectivity index (χ0) is 15.5. The van der Waals surface area contributed by atoms with Gasteiger partial charge in [-0.25, -0.2) is 0 Å². The first kappa shape index (κ1) is 21.7. The summed E-state index contributed by atoms with van der Waals surface area (Å²) in [4.78, 5) is 6.88. The molecule has 0 aromatic rings. The van der Waals surface area contributed by atoms with Gasteiger partial charge in [0.25, 0.3) is 0 Å². The molecule has 0 radical (unpaired) electrons. The maximum Gasteiger partial charge on any atom is 0.191 e. The van der Waals surface area contributed by atoms with Crippen molar-refractivity contribution in [3.8, 4) is 0 Å². The van der Waals surface area contributed by atoms with Gasteiger partial charge >= 0.3 is 0 Å². The molecule has 1 rings (SSSR count). The zero-order valence-corrected chi connectivity index (χ0v) is 16.8. The average molecular weight is 424 g/mol. The third-order valence-electron chi connectivity index (χ3n) is 3.45. The second kappa shape index (κ2) is 13.1. The van der Waals surface area contributed by atoms with Crippen LogP contribution in [0.5, 0.6) is 0 Å². The lowest BCUT2D eigenvalue weighted by Crippen LogP contribution is -2.43. The highest BCUT2D eigenvalue weighted by molar-refractivity contribution is 14.0. The van der Waals surface area contributed by atoms with Crippen LogP contribution in [0.1, 0.15) is 33.1 Å². The number of aliphatic imine (C=N–C) groups is 1. The number of halogens is 1. The molecule has 0 saturated carbocycles. The topological polar surface area (TPSA) is 48.9 Å². The van der Waals surface area contributed by atoms with Crippen molar-refractivity contribution < 1.29 is 4.74 Å². The molecule has 5 nitrogen and oxygen atoms in total. The molecule has 0 amide bonds. The fraction of sp³-hybridized carbons (Fsp3) is 0.812. The maximum atomic E-state index is 5.79. The number of rotatable bonds is 9. The molecule has 0 saturated heterocycles. The number of ether oxygens (including phenoxy) is 1. The molecule has 0 aliphatic heterocycles. The Morgan fingerprint density at radius 2 is 2.00 bits per heavy atom. The lowest BCUT2D eigenvalue weighted by molar-refractivity contribution is 0.0582. The number of guanidine groups is 1. The molecule has 2 N–H and O–H groups in total. The van der Waals surface area contributed by atoms with Gasteiger partial charge in [0.05, 0.1) is 12.6 Å². The summed E-state index contributed by atoms with van der Waals surface area (Å²) < 4.78 is 5.79. The van der Waals surface area contributed by atoms with Crippen LogP contribution in [0.4, 0.5) is 0 Å². The highest BCUT2D eigenvalue weighted by atomic mass is 127. The van der Waals surface area contributed by atoms with E-state index < -0.39 is 0 Å². The van der Waals surface area contributed by atoms with Crippen molar-refractivity contribution in [1.82, 2.24) is 15.5 Å². The average Bonchev–Trinajstić information content (AvgIpc) is 2.94. The molecule has 0 aromatic carbocycles. The summed E-state index contributed by atoms with van der Waals surface area (Å²) in [7, 11) is 4.18. The molecule has 1 aliphatic rings. The van der Waals surface area contributed by atoms with Gasteiger partial charge in [-0.05, 0) is 47.2 Å². The summed E-state index contributed by atoms with van der Waals surface area (Å²) in [6, 6.07) is 0.482. The van der Waals surface area contributed by atoms with Gasteiger partial charge in [-0.15, -0.1) is 24.0 Å². The second-order valence-corrected chi connectivity index (χ2v) is 5.67. The Balaban J connectivity index is 0.00000441. The van der Waals surface area contributed by atoms with Gasteiger partial charge in [0.2, 0.25) is 0 Å². The van der Waals surface area contributed by atoms with E-state index in [1.54, 1.807) is 0 Å². The summed E-state index contributed by atoms with van der Waals surface area (Å²) in [6.45, 7) is 7.48. The summed E-state index contributed by atoms with van der Waals surface area (Å²) >= 11 is 0. The van der Waals surface area contributed by atoms with E-state index in [1.165, 1.54) is 0 Å². The van der Waals surface area contributed by atoms with Crippen LogP contribution in [0.3, 0.4) is 0 Å². The zero-order valence-electron chi connectivity index (χ0n) is 14.5. The molecule has 1 unspecified atom stereocenters. The van der Waals surface area contributed by atoms with Crippen LogP contribution < -0.4 is 10.6 Å². The van der Waals surface area contributed by atoms with Crippen LogP contribution in [0.2, 0.25) is 0 Å². The summed E-state index contributed by atoms with van der Waals surface area (Å²) in [6.07, 6.45) is 7.81. The molecule has 0 aromatic heterocycles. The standard InChI is InChI=1S/C16H32N4O.HI/c1-5-17-16(19-14-9-7-8-10-14)18-13-15(21-6-2)11-12-20(3)4;/h7-8,14-15H,5-6,9-13H2,1-4H3,(H2,17,18,19);1H. The maximum absolute atomic E-state index is 5.79. The smallest absolute Gasteiger partial charge is 0.191 e. The SMILES string of the molecule is CCNC(=NCC(CCN(C)C)OCC)NC1CC=CC1.I. The molecule has 6 heteroatoms. The van der Waals surface area contributed by atoms with E-state index in [-0.39, 0.29) is 30.1 Å². The Hall–Kier alpha value is -0.340. The Morgan fingerprint density at radius 1 is 1.32 bits per heavy atom. The molecule has 1 aliphatic carbocycles. The van der Waals surface area contributed by atoms with E-state index in [1.807, 2.05) is 6.92 Å². The van der Waals surface area contributed by atoms with Crippen molar-refractivity contribution in [2.75, 3.05) is 40.3 Å². The van der Waals surface area contributed by atoms with E-state index in [9.17, 15) is 0 Å². The van der Waals surface area contributed by atoms with E-state index in [4.69, 9.17) is 9.73 Å². The first-order valence-electron chi connectivity index (χ1n) is 8.11. The monoisotopic (exact) mass is 424 g/mol. The Morgan fingerprint density at radius 3 is 2.55 bits per heavy atom. The fourth-order valence-corrected chi connectivity index (χ4v) is 2.31. The van der Waals surface area contributed by atoms with Gasteiger partial charge in [0.15, 0.2) is 5.96 Å². The largest absolute Gasteiger partial charge is 0.377 e. The van der Waals surface area contributed by atoms with Crippen molar-refractivity contribution in [2.45, 2.75) is 45.3 Å². The predicted molar refractivity (Wildman–Crippen MR) is 105 cm³/mol. The highest BCUT2D eigenvalue weighted by Crippen LogP contribution is 2.09. The van der Waals surface area contributed by atoms with E-state index in [0.29, 0.717) is 12.6 Å².